The van der Waals surface area contributed by atoms with Crippen molar-refractivity contribution in [3.8, 4) is 5.75 Å². The van der Waals surface area contributed by atoms with Gasteiger partial charge < -0.3 is 4.74 Å². The zero-order valence-corrected chi connectivity index (χ0v) is 12.0. The summed E-state index contributed by atoms with van der Waals surface area (Å²) in [4.78, 5) is 12.3. The maximum atomic E-state index is 12.3. The molecule has 0 aromatic heterocycles. The number of ketones is 1. The Morgan fingerprint density at radius 3 is 2.67 bits per heavy atom. The number of halogens is 2. The number of methoxy groups -OCH3 is 1. The molecule has 2 nitrogen and oxygen atoms in total. The van der Waals surface area contributed by atoms with Gasteiger partial charge in [-0.2, -0.15) is 0 Å². The van der Waals surface area contributed by atoms with E-state index in [-0.39, 0.29) is 5.78 Å². The Morgan fingerprint density at radius 1 is 1.22 bits per heavy atom. The van der Waals surface area contributed by atoms with Crippen LogP contribution in [0, 0.1) is 0 Å². The molecule has 0 unspecified atom stereocenters. The highest BCUT2D eigenvalue weighted by molar-refractivity contribution is 9.10. The highest BCUT2D eigenvalue weighted by atomic mass is 79.9. The number of rotatable bonds is 3. The molecule has 0 aliphatic carbocycles. The molecule has 0 heterocycles. The fraction of sp³-hybridized carbons (Fsp3) is 0.0714. The van der Waals surface area contributed by atoms with Crippen molar-refractivity contribution in [2.45, 2.75) is 0 Å². The Hall–Kier alpha value is -1.32. The first-order valence-electron chi connectivity index (χ1n) is 5.25. The molecule has 18 heavy (non-hydrogen) atoms. The second-order valence-electron chi connectivity index (χ2n) is 3.69. The molecule has 92 valence electrons. The molecule has 2 rings (SSSR count). The van der Waals surface area contributed by atoms with Gasteiger partial charge >= 0.3 is 0 Å². The maximum Gasteiger partial charge on any atom is 0.194 e. The zero-order valence-electron chi connectivity index (χ0n) is 9.61. The first-order chi connectivity index (χ1) is 8.61. The third kappa shape index (κ3) is 2.74. The van der Waals surface area contributed by atoms with E-state index in [4.69, 9.17) is 16.3 Å². The Morgan fingerprint density at radius 2 is 2.00 bits per heavy atom. The minimum atomic E-state index is -0.0942. The third-order valence-electron chi connectivity index (χ3n) is 2.50. The van der Waals surface area contributed by atoms with Gasteiger partial charge in [0.05, 0.1) is 7.11 Å². The molecular formula is C14H10BrClO2. The quantitative estimate of drug-likeness (QED) is 0.785. The molecule has 0 fully saturated rings. The maximum absolute atomic E-state index is 12.3. The summed E-state index contributed by atoms with van der Waals surface area (Å²) < 4.78 is 5.85. The van der Waals surface area contributed by atoms with Crippen LogP contribution in [0.5, 0.6) is 5.75 Å². The van der Waals surface area contributed by atoms with Gasteiger partial charge in [-0.05, 0) is 30.3 Å². The zero-order chi connectivity index (χ0) is 13.1. The van der Waals surface area contributed by atoms with Crippen molar-refractivity contribution in [2.24, 2.45) is 0 Å². The molecule has 0 aliphatic rings. The SMILES string of the molecule is COc1ccc(Br)c(C(=O)c2cccc(Cl)c2)c1. The van der Waals surface area contributed by atoms with Crippen LogP contribution in [0.1, 0.15) is 15.9 Å². The molecule has 0 bridgehead atoms. The Labute approximate surface area is 119 Å². The lowest BCUT2D eigenvalue weighted by Gasteiger charge is -2.07. The van der Waals surface area contributed by atoms with Crippen molar-refractivity contribution in [1.29, 1.82) is 0 Å². The highest BCUT2D eigenvalue weighted by Crippen LogP contribution is 2.25. The molecule has 0 spiro atoms. The van der Waals surface area contributed by atoms with Gasteiger partial charge in [-0.25, -0.2) is 0 Å². The minimum absolute atomic E-state index is 0.0942. The molecule has 0 saturated carbocycles. The van der Waals surface area contributed by atoms with E-state index in [0.29, 0.717) is 21.9 Å². The van der Waals surface area contributed by atoms with Crippen LogP contribution in [-0.4, -0.2) is 12.9 Å². The van der Waals surface area contributed by atoms with Crippen LogP contribution in [0.2, 0.25) is 5.02 Å². The monoisotopic (exact) mass is 324 g/mol. The van der Waals surface area contributed by atoms with Crippen LogP contribution in [-0.2, 0) is 0 Å². The molecule has 0 radical (unpaired) electrons. The van der Waals surface area contributed by atoms with Gasteiger partial charge in [0, 0.05) is 20.6 Å². The topological polar surface area (TPSA) is 26.3 Å². The van der Waals surface area contributed by atoms with Crippen molar-refractivity contribution in [3.63, 3.8) is 0 Å². The summed E-state index contributed by atoms with van der Waals surface area (Å²) in [6.07, 6.45) is 0. The van der Waals surface area contributed by atoms with Crippen molar-refractivity contribution in [3.05, 3.63) is 63.1 Å². The van der Waals surface area contributed by atoms with Crippen LogP contribution < -0.4 is 4.74 Å². The summed E-state index contributed by atoms with van der Waals surface area (Å²) in [5.41, 5.74) is 1.10. The molecule has 2 aromatic carbocycles. The lowest BCUT2D eigenvalue weighted by molar-refractivity contribution is 0.103. The normalized spacial score (nSPS) is 10.2. The minimum Gasteiger partial charge on any atom is -0.497 e. The number of hydrogen-bond acceptors (Lipinski definition) is 2. The van der Waals surface area contributed by atoms with E-state index in [0.717, 1.165) is 4.47 Å². The van der Waals surface area contributed by atoms with Gasteiger partial charge in [-0.15, -0.1) is 0 Å². The Balaban J connectivity index is 2.45. The van der Waals surface area contributed by atoms with Gasteiger partial charge in [-0.1, -0.05) is 39.7 Å². The van der Waals surface area contributed by atoms with E-state index in [9.17, 15) is 4.79 Å². The predicted molar refractivity (Wildman–Crippen MR) is 75.6 cm³/mol. The van der Waals surface area contributed by atoms with Gasteiger partial charge in [0.25, 0.3) is 0 Å². The molecule has 0 saturated heterocycles. The second kappa shape index (κ2) is 5.55. The summed E-state index contributed by atoms with van der Waals surface area (Å²) in [5, 5.41) is 0.542. The molecule has 0 atom stereocenters. The van der Waals surface area contributed by atoms with Crippen LogP contribution in [0.25, 0.3) is 0 Å². The fourth-order valence-electron chi connectivity index (χ4n) is 1.59. The lowest BCUT2D eigenvalue weighted by Crippen LogP contribution is -2.02. The van der Waals surface area contributed by atoms with E-state index in [2.05, 4.69) is 15.9 Å². The third-order valence-corrected chi connectivity index (χ3v) is 3.43. The summed E-state index contributed by atoms with van der Waals surface area (Å²) >= 11 is 9.25. The first kappa shape index (κ1) is 13.1. The molecule has 0 amide bonds. The average molecular weight is 326 g/mol. The highest BCUT2D eigenvalue weighted by Gasteiger charge is 2.13. The van der Waals surface area contributed by atoms with Crippen LogP contribution in [0.4, 0.5) is 0 Å². The first-order valence-corrected chi connectivity index (χ1v) is 6.42. The van der Waals surface area contributed by atoms with Crippen molar-refractivity contribution >= 4 is 33.3 Å². The summed E-state index contributed by atoms with van der Waals surface area (Å²) in [7, 11) is 1.57. The molecular weight excluding hydrogens is 316 g/mol. The number of hydrogen-bond donors (Lipinski definition) is 0. The molecule has 0 N–H and O–H groups in total. The summed E-state index contributed by atoms with van der Waals surface area (Å²) in [6.45, 7) is 0. The van der Waals surface area contributed by atoms with E-state index in [1.54, 1.807) is 49.6 Å². The molecule has 0 aliphatic heterocycles. The summed E-state index contributed by atoms with van der Waals surface area (Å²) in [5.74, 6) is 0.548. The molecule has 2 aromatic rings. The van der Waals surface area contributed by atoms with Gasteiger partial charge in [0.2, 0.25) is 0 Å². The molecule has 4 heteroatoms. The van der Waals surface area contributed by atoms with Crippen LogP contribution >= 0.6 is 27.5 Å². The van der Waals surface area contributed by atoms with E-state index < -0.39 is 0 Å². The van der Waals surface area contributed by atoms with E-state index in [1.807, 2.05) is 0 Å². The summed E-state index contributed by atoms with van der Waals surface area (Å²) in [6, 6.07) is 12.2. The predicted octanol–water partition coefficient (Wildman–Crippen LogP) is 4.34. The van der Waals surface area contributed by atoms with Gasteiger partial charge in [-0.3, -0.25) is 4.79 Å². The number of carbonyl (C=O) groups is 1. The van der Waals surface area contributed by atoms with E-state index in [1.165, 1.54) is 0 Å². The number of benzene rings is 2. The number of carbonyl (C=O) groups excluding carboxylic acids is 1. The smallest absolute Gasteiger partial charge is 0.194 e. The largest absolute Gasteiger partial charge is 0.497 e. The fourth-order valence-corrected chi connectivity index (χ4v) is 2.21. The second-order valence-corrected chi connectivity index (χ2v) is 4.98. The standard InChI is InChI=1S/C14H10BrClO2/c1-18-11-5-6-13(15)12(8-11)14(17)9-3-2-4-10(16)7-9/h2-8H,1H3. The van der Waals surface area contributed by atoms with Gasteiger partial charge in [0.1, 0.15) is 5.75 Å². The van der Waals surface area contributed by atoms with Crippen molar-refractivity contribution in [1.82, 2.24) is 0 Å². The Bertz CT molecular complexity index is 596. The number of ether oxygens (including phenoxy) is 1. The van der Waals surface area contributed by atoms with Crippen LogP contribution in [0.3, 0.4) is 0 Å². The van der Waals surface area contributed by atoms with Crippen molar-refractivity contribution in [2.75, 3.05) is 7.11 Å². The Kier molecular flexibility index (Phi) is 4.04. The van der Waals surface area contributed by atoms with E-state index >= 15 is 0 Å². The van der Waals surface area contributed by atoms with Crippen molar-refractivity contribution < 1.29 is 9.53 Å². The van der Waals surface area contributed by atoms with Gasteiger partial charge in [0.15, 0.2) is 5.78 Å². The lowest BCUT2D eigenvalue weighted by atomic mass is 10.0. The van der Waals surface area contributed by atoms with Crippen LogP contribution in [0.15, 0.2) is 46.9 Å². The average Bonchev–Trinajstić information content (AvgIpc) is 2.38.